The summed E-state index contributed by atoms with van der Waals surface area (Å²) in [5.41, 5.74) is 1.10. The maximum Gasteiger partial charge on any atom is 0.354 e. The zero-order valence-corrected chi connectivity index (χ0v) is 10.8. The van der Waals surface area contributed by atoms with Gasteiger partial charge in [0, 0.05) is 18.6 Å². The highest BCUT2D eigenvalue weighted by Crippen LogP contribution is 2.11. The second kappa shape index (κ2) is 5.92. The highest BCUT2D eigenvalue weighted by molar-refractivity contribution is 5.95. The van der Waals surface area contributed by atoms with Crippen molar-refractivity contribution in [1.29, 1.82) is 0 Å². The molecule has 0 aromatic carbocycles. The van der Waals surface area contributed by atoms with Gasteiger partial charge < -0.3 is 10.4 Å². The topological polar surface area (TPSA) is 92.2 Å². The molecule has 0 saturated heterocycles. The molecule has 20 heavy (non-hydrogen) atoms. The van der Waals surface area contributed by atoms with E-state index in [2.05, 4.69) is 15.3 Å². The van der Waals surface area contributed by atoms with E-state index in [1.54, 1.807) is 18.5 Å². The Labute approximate surface area is 115 Å². The van der Waals surface area contributed by atoms with Gasteiger partial charge in [0.25, 0.3) is 5.91 Å². The molecule has 1 atom stereocenters. The second-order valence-electron chi connectivity index (χ2n) is 4.22. The lowest BCUT2D eigenvalue weighted by atomic mass is 10.1. The molecule has 1 unspecified atom stereocenters. The lowest BCUT2D eigenvalue weighted by molar-refractivity contribution is 0.0689. The van der Waals surface area contributed by atoms with Crippen LogP contribution in [0.2, 0.25) is 0 Å². The lowest BCUT2D eigenvalue weighted by Gasteiger charge is -2.13. The monoisotopic (exact) mass is 271 g/mol. The molecule has 2 aromatic heterocycles. The molecule has 0 saturated carbocycles. The Morgan fingerprint density at radius 3 is 2.60 bits per heavy atom. The number of nitrogens with zero attached hydrogens (tertiary/aromatic N) is 2. The summed E-state index contributed by atoms with van der Waals surface area (Å²) < 4.78 is 0. The summed E-state index contributed by atoms with van der Waals surface area (Å²) >= 11 is 0. The molecular weight excluding hydrogens is 258 g/mol. The Hall–Kier alpha value is -2.76. The Morgan fingerprint density at radius 2 is 2.05 bits per heavy atom. The summed E-state index contributed by atoms with van der Waals surface area (Å²) in [5.74, 6) is -1.44. The zero-order chi connectivity index (χ0) is 14.5. The predicted octanol–water partition coefficient (Wildman–Crippen LogP) is 1.67. The van der Waals surface area contributed by atoms with Crippen molar-refractivity contribution in [3.8, 4) is 0 Å². The number of carboxylic acids is 1. The summed E-state index contributed by atoms with van der Waals surface area (Å²) in [6.07, 6.45) is 4.58. The van der Waals surface area contributed by atoms with Gasteiger partial charge in [0.15, 0.2) is 0 Å². The van der Waals surface area contributed by atoms with Gasteiger partial charge in [-0.3, -0.25) is 9.78 Å². The molecule has 2 aromatic rings. The Bertz CT molecular complexity index is 611. The second-order valence-corrected chi connectivity index (χ2v) is 4.22. The number of carboxylic acid groups (broad SMARTS) is 1. The largest absolute Gasteiger partial charge is 0.477 e. The Kier molecular flexibility index (Phi) is 4.05. The minimum Gasteiger partial charge on any atom is -0.477 e. The van der Waals surface area contributed by atoms with E-state index in [9.17, 15) is 9.59 Å². The van der Waals surface area contributed by atoms with Crippen LogP contribution >= 0.6 is 0 Å². The third-order valence-corrected chi connectivity index (χ3v) is 2.78. The number of carbonyl (C=O) groups excluding carboxylic acids is 1. The van der Waals surface area contributed by atoms with Crippen LogP contribution < -0.4 is 5.32 Å². The summed E-state index contributed by atoms with van der Waals surface area (Å²) in [5, 5.41) is 11.5. The van der Waals surface area contributed by atoms with Crippen LogP contribution in [0, 0.1) is 0 Å². The first-order chi connectivity index (χ1) is 9.58. The molecule has 0 fully saturated rings. The average molecular weight is 271 g/mol. The van der Waals surface area contributed by atoms with Gasteiger partial charge in [0.05, 0.1) is 11.6 Å². The fourth-order valence-corrected chi connectivity index (χ4v) is 1.65. The SMILES string of the molecule is CC(NC(=O)c1ccc(C(=O)O)nc1)c1cccnc1. The molecule has 2 heterocycles. The van der Waals surface area contributed by atoms with E-state index < -0.39 is 5.97 Å². The van der Waals surface area contributed by atoms with E-state index in [0.717, 1.165) is 5.56 Å². The van der Waals surface area contributed by atoms with Crippen molar-refractivity contribution in [1.82, 2.24) is 15.3 Å². The number of amides is 1. The van der Waals surface area contributed by atoms with E-state index in [0.29, 0.717) is 5.56 Å². The third-order valence-electron chi connectivity index (χ3n) is 2.78. The third kappa shape index (κ3) is 3.17. The molecule has 102 valence electrons. The first-order valence-corrected chi connectivity index (χ1v) is 5.98. The molecule has 0 aliphatic rings. The standard InChI is InChI=1S/C14H13N3O3/c1-9(10-3-2-6-15-7-10)17-13(18)11-4-5-12(14(19)20)16-8-11/h2-9H,1H3,(H,17,18)(H,19,20). The van der Waals surface area contributed by atoms with Gasteiger partial charge in [-0.15, -0.1) is 0 Å². The van der Waals surface area contributed by atoms with Gasteiger partial charge in [0.2, 0.25) is 0 Å². The van der Waals surface area contributed by atoms with Crippen LogP contribution in [0.1, 0.15) is 39.4 Å². The van der Waals surface area contributed by atoms with Crippen molar-refractivity contribution in [3.05, 3.63) is 59.7 Å². The van der Waals surface area contributed by atoms with E-state index in [1.807, 2.05) is 13.0 Å². The summed E-state index contributed by atoms with van der Waals surface area (Å²) in [6.45, 7) is 1.84. The molecule has 0 aliphatic carbocycles. The van der Waals surface area contributed by atoms with Crippen LogP contribution in [0.25, 0.3) is 0 Å². The molecule has 6 nitrogen and oxygen atoms in total. The molecule has 2 N–H and O–H groups in total. The van der Waals surface area contributed by atoms with Gasteiger partial charge in [-0.1, -0.05) is 6.07 Å². The minimum absolute atomic E-state index is 0.0955. The normalized spacial score (nSPS) is 11.7. The van der Waals surface area contributed by atoms with Gasteiger partial charge in [-0.2, -0.15) is 0 Å². The van der Waals surface area contributed by atoms with Crippen molar-refractivity contribution in [3.63, 3.8) is 0 Å². The van der Waals surface area contributed by atoms with Gasteiger partial charge in [-0.25, -0.2) is 9.78 Å². The fraction of sp³-hybridized carbons (Fsp3) is 0.143. The number of hydrogen-bond acceptors (Lipinski definition) is 4. The zero-order valence-electron chi connectivity index (χ0n) is 10.8. The number of aromatic carboxylic acids is 1. The minimum atomic E-state index is -1.12. The maximum atomic E-state index is 12.0. The van der Waals surface area contributed by atoms with E-state index in [4.69, 9.17) is 5.11 Å². The number of carbonyl (C=O) groups is 2. The van der Waals surface area contributed by atoms with Crippen LogP contribution in [0.15, 0.2) is 42.9 Å². The Balaban J connectivity index is 2.06. The van der Waals surface area contributed by atoms with E-state index >= 15 is 0 Å². The molecule has 0 aliphatic heterocycles. The van der Waals surface area contributed by atoms with Crippen molar-refractivity contribution in [2.45, 2.75) is 13.0 Å². The van der Waals surface area contributed by atoms with Crippen molar-refractivity contribution >= 4 is 11.9 Å². The lowest BCUT2D eigenvalue weighted by Crippen LogP contribution is -2.26. The van der Waals surface area contributed by atoms with Crippen LogP contribution in [0.3, 0.4) is 0 Å². The number of hydrogen-bond donors (Lipinski definition) is 2. The summed E-state index contributed by atoms with van der Waals surface area (Å²) in [7, 11) is 0. The van der Waals surface area contributed by atoms with Gasteiger partial charge in [0.1, 0.15) is 5.69 Å². The van der Waals surface area contributed by atoms with Crippen LogP contribution in [-0.4, -0.2) is 27.0 Å². The number of nitrogens with one attached hydrogen (secondary N) is 1. The fourth-order valence-electron chi connectivity index (χ4n) is 1.65. The summed E-state index contributed by atoms with van der Waals surface area (Å²) in [4.78, 5) is 30.4. The van der Waals surface area contributed by atoms with Crippen molar-refractivity contribution in [2.24, 2.45) is 0 Å². The number of pyridine rings is 2. The van der Waals surface area contributed by atoms with E-state index in [1.165, 1.54) is 18.3 Å². The van der Waals surface area contributed by atoms with Crippen LogP contribution in [0.4, 0.5) is 0 Å². The first-order valence-electron chi connectivity index (χ1n) is 5.98. The molecular formula is C14H13N3O3. The number of aromatic nitrogens is 2. The Morgan fingerprint density at radius 1 is 1.25 bits per heavy atom. The van der Waals surface area contributed by atoms with Gasteiger partial charge >= 0.3 is 5.97 Å². The average Bonchev–Trinajstić information content (AvgIpc) is 2.48. The predicted molar refractivity (Wildman–Crippen MR) is 71.3 cm³/mol. The van der Waals surface area contributed by atoms with Crippen molar-refractivity contribution < 1.29 is 14.7 Å². The van der Waals surface area contributed by atoms with Crippen LogP contribution in [-0.2, 0) is 0 Å². The highest BCUT2D eigenvalue weighted by atomic mass is 16.4. The molecule has 6 heteroatoms. The molecule has 2 rings (SSSR count). The molecule has 0 bridgehead atoms. The number of rotatable bonds is 4. The molecule has 0 radical (unpaired) electrons. The summed E-state index contributed by atoms with van der Waals surface area (Å²) in [6, 6.07) is 6.19. The first kappa shape index (κ1) is 13.7. The highest BCUT2D eigenvalue weighted by Gasteiger charge is 2.12. The maximum absolute atomic E-state index is 12.0. The van der Waals surface area contributed by atoms with Crippen LogP contribution in [0.5, 0.6) is 0 Å². The van der Waals surface area contributed by atoms with Gasteiger partial charge in [-0.05, 0) is 30.7 Å². The van der Waals surface area contributed by atoms with E-state index in [-0.39, 0.29) is 17.6 Å². The van der Waals surface area contributed by atoms with Crippen molar-refractivity contribution in [2.75, 3.05) is 0 Å². The molecule has 0 spiro atoms. The quantitative estimate of drug-likeness (QED) is 0.882. The molecule has 1 amide bonds. The smallest absolute Gasteiger partial charge is 0.354 e.